The monoisotopic (exact) mass is 438 g/mol. The smallest absolute Gasteiger partial charge is 0.416 e. The number of nitrogens with one attached hydrogen (secondary N) is 1. The molecule has 0 amide bonds. The summed E-state index contributed by atoms with van der Waals surface area (Å²) < 4.78 is 65.5. The lowest BCUT2D eigenvalue weighted by Crippen LogP contribution is -2.31. The Kier molecular flexibility index (Phi) is 6.70. The zero-order chi connectivity index (χ0) is 22.8. The van der Waals surface area contributed by atoms with Crippen molar-refractivity contribution in [2.24, 2.45) is 5.92 Å². The Labute approximate surface area is 177 Å². The minimum absolute atomic E-state index is 0.0587. The van der Waals surface area contributed by atoms with Crippen molar-refractivity contribution >= 4 is 5.97 Å². The number of rotatable bonds is 7. The number of allylic oxidation sites excluding steroid dienone is 2. The van der Waals surface area contributed by atoms with Gasteiger partial charge >= 0.3 is 12.1 Å². The van der Waals surface area contributed by atoms with Crippen LogP contribution in [0.5, 0.6) is 0 Å². The quantitative estimate of drug-likeness (QED) is 0.499. The van der Waals surface area contributed by atoms with E-state index in [0.717, 1.165) is 25.0 Å². The van der Waals surface area contributed by atoms with E-state index in [9.17, 15) is 27.6 Å². The fraction of sp³-hybridized carbons (Fsp3) is 0.455. The maximum absolute atomic E-state index is 13.8. The molecule has 1 unspecified atom stereocenters. The third-order valence-corrected chi connectivity index (χ3v) is 5.32. The predicted molar refractivity (Wildman–Crippen MR) is 103 cm³/mol. The number of hydrogen-bond donors (Lipinski definition) is 1. The molecule has 1 aromatic carbocycles. The van der Waals surface area contributed by atoms with E-state index in [1.807, 2.05) is 6.07 Å². The number of carbonyl (C=O) groups is 1. The van der Waals surface area contributed by atoms with Crippen molar-refractivity contribution in [1.29, 1.82) is 5.26 Å². The first-order chi connectivity index (χ1) is 14.7. The average molecular weight is 438 g/mol. The van der Waals surface area contributed by atoms with Crippen molar-refractivity contribution in [3.63, 3.8) is 0 Å². The summed E-state index contributed by atoms with van der Waals surface area (Å²) in [6.45, 7) is 1.90. The Hall–Kier alpha value is -2.86. The molecule has 2 aliphatic rings. The van der Waals surface area contributed by atoms with E-state index in [1.54, 1.807) is 6.92 Å². The lowest BCUT2D eigenvalue weighted by molar-refractivity contribution is -0.141. The van der Waals surface area contributed by atoms with E-state index in [-0.39, 0.29) is 42.3 Å². The summed E-state index contributed by atoms with van der Waals surface area (Å²) in [5.74, 6) is -2.97. The number of hydrogen-bond acceptors (Lipinski definition) is 5. The molecule has 0 spiro atoms. The lowest BCUT2D eigenvalue weighted by Gasteiger charge is -2.31. The van der Waals surface area contributed by atoms with E-state index in [1.165, 1.54) is 7.11 Å². The van der Waals surface area contributed by atoms with Gasteiger partial charge in [-0.05, 0) is 43.4 Å². The molecule has 0 saturated heterocycles. The maximum atomic E-state index is 13.8. The van der Waals surface area contributed by atoms with Gasteiger partial charge in [0.1, 0.15) is 5.82 Å². The van der Waals surface area contributed by atoms with Crippen molar-refractivity contribution < 1.29 is 31.8 Å². The number of esters is 1. The predicted octanol–water partition coefficient (Wildman–Crippen LogP) is 4.57. The molecule has 166 valence electrons. The first kappa shape index (κ1) is 22.8. The second-order valence-electron chi connectivity index (χ2n) is 7.61. The molecule has 9 heteroatoms. The van der Waals surface area contributed by atoms with Crippen LogP contribution < -0.4 is 5.32 Å². The van der Waals surface area contributed by atoms with Gasteiger partial charge in [-0.15, -0.1) is 0 Å². The van der Waals surface area contributed by atoms with E-state index in [0.29, 0.717) is 17.5 Å². The highest BCUT2D eigenvalue weighted by Crippen LogP contribution is 2.44. The third-order valence-electron chi connectivity index (χ3n) is 5.32. The number of methoxy groups -OCH3 is 1. The van der Waals surface area contributed by atoms with Gasteiger partial charge in [-0.2, -0.15) is 18.4 Å². The van der Waals surface area contributed by atoms with Crippen LogP contribution in [-0.2, 0) is 20.4 Å². The maximum Gasteiger partial charge on any atom is 0.416 e. The zero-order valence-electron chi connectivity index (χ0n) is 17.1. The lowest BCUT2D eigenvalue weighted by atomic mass is 9.78. The number of benzene rings is 1. The van der Waals surface area contributed by atoms with Gasteiger partial charge < -0.3 is 14.8 Å². The number of alkyl halides is 3. The molecule has 1 N–H and O–H groups in total. The Balaban J connectivity index is 2.18. The summed E-state index contributed by atoms with van der Waals surface area (Å²) in [5, 5.41) is 12.7. The van der Waals surface area contributed by atoms with E-state index < -0.39 is 29.4 Å². The number of dihydropyridines is 1. The van der Waals surface area contributed by atoms with Crippen LogP contribution in [0.1, 0.15) is 43.2 Å². The van der Waals surface area contributed by atoms with Gasteiger partial charge in [-0.1, -0.05) is 6.07 Å². The Morgan fingerprint density at radius 3 is 2.61 bits per heavy atom. The van der Waals surface area contributed by atoms with Crippen LogP contribution in [0.3, 0.4) is 0 Å². The minimum atomic E-state index is -4.88. The van der Waals surface area contributed by atoms with Gasteiger partial charge in [-0.25, -0.2) is 9.18 Å². The van der Waals surface area contributed by atoms with Crippen LogP contribution in [-0.4, -0.2) is 26.3 Å². The average Bonchev–Trinajstić information content (AvgIpc) is 3.53. The summed E-state index contributed by atoms with van der Waals surface area (Å²) in [4.78, 5) is 13.0. The van der Waals surface area contributed by atoms with Crippen LogP contribution in [0.25, 0.3) is 0 Å². The highest BCUT2D eigenvalue weighted by atomic mass is 19.4. The second kappa shape index (κ2) is 9.10. The van der Waals surface area contributed by atoms with E-state index in [4.69, 9.17) is 9.47 Å². The number of nitrogens with zero attached hydrogens (tertiary/aromatic N) is 1. The van der Waals surface area contributed by atoms with E-state index in [2.05, 4.69) is 5.32 Å². The first-order valence-corrected chi connectivity index (χ1v) is 9.81. The molecular weight excluding hydrogens is 416 g/mol. The highest BCUT2D eigenvalue weighted by molar-refractivity contribution is 5.93. The van der Waals surface area contributed by atoms with Crippen LogP contribution >= 0.6 is 0 Å². The van der Waals surface area contributed by atoms with Gasteiger partial charge in [0.15, 0.2) is 0 Å². The van der Waals surface area contributed by atoms with Crippen molar-refractivity contribution in [2.45, 2.75) is 38.3 Å². The summed E-state index contributed by atoms with van der Waals surface area (Å²) in [6.07, 6.45) is -2.85. The molecule has 1 heterocycles. The zero-order valence-corrected chi connectivity index (χ0v) is 17.1. The molecule has 5 nitrogen and oxygen atoms in total. The normalized spacial score (nSPS) is 19.2. The Morgan fingerprint density at radius 2 is 2.03 bits per heavy atom. The second-order valence-corrected chi connectivity index (χ2v) is 7.61. The van der Waals surface area contributed by atoms with Gasteiger partial charge in [0.05, 0.1) is 41.9 Å². The molecule has 1 saturated carbocycles. The van der Waals surface area contributed by atoms with Gasteiger partial charge in [0.2, 0.25) is 0 Å². The number of ether oxygens (including phenoxy) is 2. The fourth-order valence-corrected chi connectivity index (χ4v) is 3.58. The van der Waals surface area contributed by atoms with Crippen molar-refractivity contribution in [3.05, 3.63) is 57.7 Å². The number of halogens is 4. The van der Waals surface area contributed by atoms with Crippen LogP contribution in [0, 0.1) is 23.1 Å². The van der Waals surface area contributed by atoms with Gasteiger partial charge in [0.25, 0.3) is 0 Å². The molecule has 1 aromatic rings. The molecule has 1 fully saturated rings. The molecule has 3 rings (SSSR count). The Bertz CT molecular complexity index is 972. The summed E-state index contributed by atoms with van der Waals surface area (Å²) >= 11 is 0. The number of carbonyl (C=O) groups excluding carboxylic acids is 1. The fourth-order valence-electron chi connectivity index (χ4n) is 3.58. The molecule has 1 atom stereocenters. The van der Waals surface area contributed by atoms with Crippen LogP contribution in [0.2, 0.25) is 0 Å². The van der Waals surface area contributed by atoms with Crippen molar-refractivity contribution in [3.8, 4) is 6.07 Å². The van der Waals surface area contributed by atoms with Gasteiger partial charge in [-0.3, -0.25) is 0 Å². The highest BCUT2D eigenvalue weighted by Gasteiger charge is 2.42. The summed E-state index contributed by atoms with van der Waals surface area (Å²) in [7, 11) is 1.46. The van der Waals surface area contributed by atoms with Gasteiger partial charge in [0, 0.05) is 24.9 Å². The van der Waals surface area contributed by atoms with Crippen LogP contribution in [0.4, 0.5) is 17.6 Å². The first-order valence-electron chi connectivity index (χ1n) is 9.81. The van der Waals surface area contributed by atoms with Crippen molar-refractivity contribution in [1.82, 2.24) is 5.32 Å². The molecule has 1 aliphatic heterocycles. The summed E-state index contributed by atoms with van der Waals surface area (Å²) in [6, 6.07) is 4.16. The summed E-state index contributed by atoms with van der Waals surface area (Å²) in [5.41, 5.74) is -1.12. The topological polar surface area (TPSA) is 71.3 Å². The molecule has 0 bridgehead atoms. The minimum Gasteiger partial charge on any atom is -0.462 e. The largest absolute Gasteiger partial charge is 0.462 e. The molecule has 0 aromatic heterocycles. The molecule has 31 heavy (non-hydrogen) atoms. The third kappa shape index (κ3) is 5.07. The molecule has 1 aliphatic carbocycles. The Morgan fingerprint density at radius 1 is 1.32 bits per heavy atom. The SMILES string of the molecule is COCCC1=C(C(=O)OCC2CC2)C(c2ccc(F)cc2C(F)(F)F)C(C#N)=C(C)N1. The standard InChI is InChI=1S/C22H22F4N2O3/c1-12-16(10-27)19(15-6-5-14(23)9-17(15)22(24,25)26)20(18(28-12)7-8-30-2)21(29)31-11-13-3-4-13/h5-6,9,13,19,28H,3-4,7-8,11H2,1-2H3. The molecular formula is C22H22F4N2O3. The number of nitriles is 1. The van der Waals surface area contributed by atoms with Crippen molar-refractivity contribution in [2.75, 3.05) is 20.3 Å². The van der Waals surface area contributed by atoms with E-state index >= 15 is 0 Å². The molecule has 0 radical (unpaired) electrons. The van der Waals surface area contributed by atoms with Crippen LogP contribution in [0.15, 0.2) is 40.7 Å².